The Kier molecular flexibility index (Phi) is 4.43. The molecule has 0 fully saturated rings. The maximum absolute atomic E-state index is 10.8. The molecule has 0 atom stereocenters. The number of rotatable bonds is 5. The van der Waals surface area contributed by atoms with Gasteiger partial charge in [0, 0.05) is 30.5 Å². The van der Waals surface area contributed by atoms with Crippen LogP contribution in [0.3, 0.4) is 0 Å². The Labute approximate surface area is 159 Å². The van der Waals surface area contributed by atoms with Crippen molar-refractivity contribution < 1.29 is 9.66 Å². The molecule has 0 bridgehead atoms. The van der Waals surface area contributed by atoms with Crippen molar-refractivity contribution in [3.05, 3.63) is 58.6 Å². The van der Waals surface area contributed by atoms with E-state index < -0.39 is 0 Å². The van der Waals surface area contributed by atoms with Gasteiger partial charge in [0.2, 0.25) is 0 Å². The zero-order valence-electron chi connectivity index (χ0n) is 12.9. The van der Waals surface area contributed by atoms with Crippen LogP contribution in [0.1, 0.15) is 0 Å². The summed E-state index contributed by atoms with van der Waals surface area (Å²) in [7, 11) is 1.68. The summed E-state index contributed by atoms with van der Waals surface area (Å²) in [6.07, 6.45) is 0. The summed E-state index contributed by atoms with van der Waals surface area (Å²) >= 11 is 6.25. The molecule has 4 heterocycles. The fraction of sp³-hybridized carbons (Fsp3) is 0.0588. The quantitative estimate of drug-likeness (QED) is 0.269. The van der Waals surface area contributed by atoms with Gasteiger partial charge >= 0.3 is 5.00 Å². The average Bonchev–Trinajstić information content (AvgIpc) is 3.40. The third-order valence-electron chi connectivity index (χ3n) is 3.49. The monoisotopic (exact) mass is 405 g/mol. The molecule has 0 radical (unpaired) electrons. The first-order chi connectivity index (χ1) is 12.1. The van der Waals surface area contributed by atoms with Gasteiger partial charge in [-0.3, -0.25) is 10.1 Å². The van der Waals surface area contributed by atoms with E-state index in [2.05, 4.69) is 24.3 Å². The molecule has 4 rings (SSSR count). The van der Waals surface area contributed by atoms with Crippen molar-refractivity contribution in [1.29, 1.82) is 0 Å². The Morgan fingerprint density at radius 1 is 0.720 bits per heavy atom. The van der Waals surface area contributed by atoms with Gasteiger partial charge in [-0.1, -0.05) is 22.7 Å². The predicted molar refractivity (Wildman–Crippen MR) is 107 cm³/mol. The zero-order chi connectivity index (χ0) is 17.4. The molecule has 25 heavy (non-hydrogen) atoms. The summed E-state index contributed by atoms with van der Waals surface area (Å²) in [4.78, 5) is 17.3. The molecule has 4 nitrogen and oxygen atoms in total. The average molecular weight is 406 g/mol. The van der Waals surface area contributed by atoms with Crippen LogP contribution in [-0.2, 0) is 0 Å². The van der Waals surface area contributed by atoms with E-state index >= 15 is 0 Å². The lowest BCUT2D eigenvalue weighted by Gasteiger charge is -1.92. The van der Waals surface area contributed by atoms with Crippen molar-refractivity contribution in [3.63, 3.8) is 0 Å². The van der Waals surface area contributed by atoms with Crippen LogP contribution in [0.15, 0.2) is 48.5 Å². The van der Waals surface area contributed by atoms with Crippen molar-refractivity contribution in [2.75, 3.05) is 7.11 Å². The van der Waals surface area contributed by atoms with Gasteiger partial charge < -0.3 is 4.74 Å². The first-order valence-corrected chi connectivity index (χ1v) is 10.5. The van der Waals surface area contributed by atoms with Crippen LogP contribution < -0.4 is 4.74 Å². The van der Waals surface area contributed by atoms with Gasteiger partial charge in [0.15, 0.2) is 5.06 Å². The highest BCUT2D eigenvalue weighted by molar-refractivity contribution is 7.29. The fourth-order valence-corrected chi connectivity index (χ4v) is 6.25. The molecule has 0 aliphatic heterocycles. The summed E-state index contributed by atoms with van der Waals surface area (Å²) in [6, 6.07) is 15.8. The smallest absolute Gasteiger partial charge is 0.324 e. The maximum Gasteiger partial charge on any atom is 0.324 e. The summed E-state index contributed by atoms with van der Waals surface area (Å²) in [6.45, 7) is 0. The van der Waals surface area contributed by atoms with Gasteiger partial charge in [-0.05, 0) is 42.5 Å². The van der Waals surface area contributed by atoms with Gasteiger partial charge in [0.05, 0.1) is 16.9 Å². The second kappa shape index (κ2) is 6.72. The molecule has 0 saturated carbocycles. The number of ether oxygens (including phenoxy) is 1. The largest absolute Gasteiger partial charge is 0.487 e. The molecule has 0 spiro atoms. The number of thiophene rings is 4. The Morgan fingerprint density at radius 3 is 1.60 bits per heavy atom. The van der Waals surface area contributed by atoms with Crippen molar-refractivity contribution >= 4 is 50.3 Å². The fourth-order valence-electron chi connectivity index (χ4n) is 2.33. The molecule has 0 aliphatic carbocycles. The SMILES string of the molecule is COc1ccc(-c2ccc(-c3ccc(-c4ccc([N+](=O)[O-])s4)s3)s2)s1. The van der Waals surface area contributed by atoms with E-state index in [1.807, 2.05) is 18.2 Å². The molecule has 0 saturated heterocycles. The summed E-state index contributed by atoms with van der Waals surface area (Å²) in [5, 5.41) is 11.9. The van der Waals surface area contributed by atoms with Gasteiger partial charge in [-0.15, -0.1) is 22.7 Å². The highest BCUT2D eigenvalue weighted by atomic mass is 32.1. The van der Waals surface area contributed by atoms with Crippen molar-refractivity contribution in [2.24, 2.45) is 0 Å². The molecule has 0 N–H and O–H groups in total. The third-order valence-corrected chi connectivity index (χ3v) is 8.34. The Morgan fingerprint density at radius 2 is 1.16 bits per heavy atom. The van der Waals surface area contributed by atoms with E-state index in [-0.39, 0.29) is 9.92 Å². The lowest BCUT2D eigenvalue weighted by atomic mass is 10.3. The zero-order valence-corrected chi connectivity index (χ0v) is 16.2. The summed E-state index contributed by atoms with van der Waals surface area (Å²) in [5.41, 5.74) is 0. The number of methoxy groups -OCH3 is 1. The number of nitro groups is 1. The van der Waals surface area contributed by atoms with Crippen LogP contribution in [0.4, 0.5) is 5.00 Å². The Bertz CT molecular complexity index is 1040. The van der Waals surface area contributed by atoms with Crippen molar-refractivity contribution in [2.45, 2.75) is 0 Å². The molecular weight excluding hydrogens is 394 g/mol. The van der Waals surface area contributed by atoms with Gasteiger partial charge in [0.1, 0.15) is 0 Å². The van der Waals surface area contributed by atoms with Crippen molar-refractivity contribution in [3.8, 4) is 34.3 Å². The summed E-state index contributed by atoms with van der Waals surface area (Å²) < 4.78 is 5.26. The Balaban J connectivity index is 1.60. The standard InChI is InChI=1S/C17H11NO3S4/c1-21-17-9-7-15(25-17)13-5-3-11(23-13)10-2-4-12(22-10)14-6-8-16(24-14)18(19)20/h2-9H,1H3. The van der Waals surface area contributed by atoms with Crippen LogP contribution in [0.2, 0.25) is 0 Å². The van der Waals surface area contributed by atoms with Crippen LogP contribution >= 0.6 is 45.3 Å². The Hall–Kier alpha value is -2.00. The first kappa shape index (κ1) is 16.5. The molecule has 0 amide bonds. The van der Waals surface area contributed by atoms with E-state index in [0.29, 0.717) is 0 Å². The number of hydrogen-bond donors (Lipinski definition) is 0. The molecular formula is C17H11NO3S4. The van der Waals surface area contributed by atoms with Crippen LogP contribution in [0, 0.1) is 10.1 Å². The van der Waals surface area contributed by atoms with Crippen LogP contribution in [-0.4, -0.2) is 12.0 Å². The van der Waals surface area contributed by atoms with E-state index in [1.54, 1.807) is 47.2 Å². The maximum atomic E-state index is 10.8. The molecule has 0 unspecified atom stereocenters. The van der Waals surface area contributed by atoms with E-state index in [0.717, 1.165) is 14.8 Å². The normalized spacial score (nSPS) is 10.9. The van der Waals surface area contributed by atoms with E-state index in [1.165, 1.54) is 30.8 Å². The minimum absolute atomic E-state index is 0.176. The molecule has 4 aromatic heterocycles. The predicted octanol–water partition coefficient (Wildman–Crippen LogP) is 6.85. The van der Waals surface area contributed by atoms with Crippen LogP contribution in [0.25, 0.3) is 29.3 Å². The third kappa shape index (κ3) is 3.25. The lowest BCUT2D eigenvalue weighted by Crippen LogP contribution is -1.80. The molecule has 8 heteroatoms. The van der Waals surface area contributed by atoms with Crippen LogP contribution in [0.5, 0.6) is 5.06 Å². The number of nitrogens with zero attached hydrogens (tertiary/aromatic N) is 1. The molecule has 4 aromatic rings. The highest BCUT2D eigenvalue weighted by Crippen LogP contribution is 2.44. The minimum Gasteiger partial charge on any atom is -0.487 e. The van der Waals surface area contributed by atoms with Gasteiger partial charge in [-0.2, -0.15) is 0 Å². The second-order valence-electron chi connectivity index (χ2n) is 5.05. The first-order valence-electron chi connectivity index (χ1n) is 7.23. The molecule has 0 aromatic carbocycles. The lowest BCUT2D eigenvalue weighted by molar-refractivity contribution is -0.380. The molecule has 0 aliphatic rings. The van der Waals surface area contributed by atoms with E-state index in [4.69, 9.17) is 4.74 Å². The molecule has 126 valence electrons. The van der Waals surface area contributed by atoms with Gasteiger partial charge in [0.25, 0.3) is 0 Å². The van der Waals surface area contributed by atoms with Crippen molar-refractivity contribution in [1.82, 2.24) is 0 Å². The second-order valence-corrected chi connectivity index (χ2v) is 9.32. The highest BCUT2D eigenvalue weighted by Gasteiger charge is 2.14. The summed E-state index contributed by atoms with van der Waals surface area (Å²) in [5.74, 6) is 0. The number of hydrogen-bond acceptors (Lipinski definition) is 7. The van der Waals surface area contributed by atoms with E-state index in [9.17, 15) is 10.1 Å². The topological polar surface area (TPSA) is 52.4 Å². The minimum atomic E-state index is -0.344. The van der Waals surface area contributed by atoms with Gasteiger partial charge in [-0.25, -0.2) is 0 Å².